The largest absolute Gasteiger partial charge is 0.480 e. The lowest BCUT2D eigenvalue weighted by molar-refractivity contribution is -0.136. The molecule has 1 N–H and O–H groups in total. The van der Waals surface area contributed by atoms with Crippen LogP contribution in [0.4, 0.5) is 0 Å². The average Bonchev–Trinajstić information content (AvgIpc) is 2.66. The molecular formula is C11H10ClNO2S2. The van der Waals surface area contributed by atoms with Crippen LogP contribution in [0.25, 0.3) is 10.2 Å². The van der Waals surface area contributed by atoms with Crippen LogP contribution in [0.1, 0.15) is 13.3 Å². The Morgan fingerprint density at radius 3 is 3.06 bits per heavy atom. The number of nitrogens with zero attached hydrogens (tertiary/aromatic N) is 1. The maximum Gasteiger partial charge on any atom is 0.317 e. The summed E-state index contributed by atoms with van der Waals surface area (Å²) in [6.07, 6.45) is 0.580. The molecule has 0 aliphatic carbocycles. The Kier molecular flexibility index (Phi) is 3.91. The van der Waals surface area contributed by atoms with E-state index in [9.17, 15) is 4.79 Å². The quantitative estimate of drug-likeness (QED) is 0.866. The number of rotatable bonds is 4. The number of aromatic nitrogens is 1. The second kappa shape index (κ2) is 5.25. The van der Waals surface area contributed by atoms with E-state index in [0.717, 1.165) is 14.6 Å². The average molecular weight is 288 g/mol. The lowest BCUT2D eigenvalue weighted by atomic mass is 10.3. The molecule has 0 amide bonds. The van der Waals surface area contributed by atoms with Gasteiger partial charge in [-0.25, -0.2) is 4.98 Å². The van der Waals surface area contributed by atoms with Gasteiger partial charge in [-0.2, -0.15) is 0 Å². The van der Waals surface area contributed by atoms with Crippen molar-refractivity contribution in [1.29, 1.82) is 0 Å². The van der Waals surface area contributed by atoms with Crippen molar-refractivity contribution in [3.8, 4) is 0 Å². The van der Waals surface area contributed by atoms with Gasteiger partial charge in [-0.05, 0) is 24.6 Å². The zero-order valence-corrected chi connectivity index (χ0v) is 11.4. The normalized spacial score (nSPS) is 12.8. The Labute approximate surface area is 112 Å². The van der Waals surface area contributed by atoms with Gasteiger partial charge in [0, 0.05) is 5.02 Å². The van der Waals surface area contributed by atoms with Gasteiger partial charge in [0.1, 0.15) is 5.25 Å². The second-order valence-corrected chi connectivity index (χ2v) is 6.36. The summed E-state index contributed by atoms with van der Waals surface area (Å²) >= 11 is 8.67. The van der Waals surface area contributed by atoms with Crippen molar-refractivity contribution in [1.82, 2.24) is 4.98 Å². The Balaban J connectivity index is 2.27. The fourth-order valence-electron chi connectivity index (χ4n) is 1.36. The summed E-state index contributed by atoms with van der Waals surface area (Å²) in [5.74, 6) is -0.796. The van der Waals surface area contributed by atoms with Crippen LogP contribution in [0.5, 0.6) is 0 Å². The predicted octanol–water partition coefficient (Wildman–Crippen LogP) is 3.91. The van der Waals surface area contributed by atoms with Crippen molar-refractivity contribution in [3.63, 3.8) is 0 Å². The number of fused-ring (bicyclic) bond motifs is 1. The number of benzene rings is 1. The maximum absolute atomic E-state index is 10.9. The van der Waals surface area contributed by atoms with Crippen molar-refractivity contribution in [2.75, 3.05) is 0 Å². The molecule has 0 saturated heterocycles. The molecule has 0 saturated carbocycles. The van der Waals surface area contributed by atoms with Crippen LogP contribution in [0.2, 0.25) is 5.02 Å². The summed E-state index contributed by atoms with van der Waals surface area (Å²) in [6.45, 7) is 1.86. The number of carboxylic acids is 1. The Morgan fingerprint density at radius 2 is 2.41 bits per heavy atom. The summed E-state index contributed by atoms with van der Waals surface area (Å²) in [5.41, 5.74) is 0.824. The number of thiazole rings is 1. The molecule has 1 aromatic heterocycles. The molecule has 2 aromatic rings. The van der Waals surface area contributed by atoms with E-state index in [2.05, 4.69) is 4.98 Å². The monoisotopic (exact) mass is 287 g/mol. The van der Waals surface area contributed by atoms with E-state index in [0.29, 0.717) is 11.4 Å². The fourth-order valence-corrected chi connectivity index (χ4v) is 3.68. The Hall–Kier alpha value is -0.780. The lowest BCUT2D eigenvalue weighted by Gasteiger charge is -2.05. The first kappa shape index (κ1) is 12.7. The first-order chi connectivity index (χ1) is 8.10. The molecule has 0 spiro atoms. The Morgan fingerprint density at radius 1 is 1.65 bits per heavy atom. The van der Waals surface area contributed by atoms with Crippen LogP contribution < -0.4 is 0 Å². The smallest absolute Gasteiger partial charge is 0.317 e. The van der Waals surface area contributed by atoms with Gasteiger partial charge in [0.2, 0.25) is 0 Å². The lowest BCUT2D eigenvalue weighted by Crippen LogP contribution is -2.14. The number of carboxylic acid groups (broad SMARTS) is 1. The highest BCUT2D eigenvalue weighted by molar-refractivity contribution is 8.02. The summed E-state index contributed by atoms with van der Waals surface area (Å²) in [6, 6.07) is 5.51. The highest BCUT2D eigenvalue weighted by Crippen LogP contribution is 2.34. The molecule has 1 aromatic carbocycles. The van der Waals surface area contributed by atoms with Gasteiger partial charge < -0.3 is 5.11 Å². The van der Waals surface area contributed by atoms with E-state index in [1.54, 1.807) is 6.07 Å². The predicted molar refractivity (Wildman–Crippen MR) is 72.2 cm³/mol. The molecule has 0 bridgehead atoms. The molecule has 1 heterocycles. The van der Waals surface area contributed by atoms with E-state index in [1.165, 1.54) is 23.1 Å². The number of hydrogen-bond donors (Lipinski definition) is 1. The van der Waals surface area contributed by atoms with Gasteiger partial charge in [0.05, 0.1) is 10.2 Å². The fraction of sp³-hybridized carbons (Fsp3) is 0.273. The molecule has 2 rings (SSSR count). The van der Waals surface area contributed by atoms with Crippen molar-refractivity contribution in [3.05, 3.63) is 23.2 Å². The molecule has 0 aliphatic heterocycles. The number of aliphatic carboxylic acids is 1. The third-order valence-electron chi connectivity index (χ3n) is 2.22. The van der Waals surface area contributed by atoms with Gasteiger partial charge in [-0.15, -0.1) is 11.3 Å². The van der Waals surface area contributed by atoms with Crippen LogP contribution in [-0.4, -0.2) is 21.3 Å². The second-order valence-electron chi connectivity index (χ2n) is 3.44. The molecule has 6 heteroatoms. The third-order valence-corrected chi connectivity index (χ3v) is 4.94. The summed E-state index contributed by atoms with van der Waals surface area (Å²) in [7, 11) is 0. The van der Waals surface area contributed by atoms with Gasteiger partial charge in [-0.1, -0.05) is 30.3 Å². The van der Waals surface area contributed by atoms with Crippen molar-refractivity contribution < 1.29 is 9.90 Å². The van der Waals surface area contributed by atoms with Crippen LogP contribution in [0.15, 0.2) is 22.5 Å². The molecule has 0 fully saturated rings. The summed E-state index contributed by atoms with van der Waals surface area (Å²) in [4.78, 5) is 15.3. The molecule has 3 nitrogen and oxygen atoms in total. The van der Waals surface area contributed by atoms with Crippen LogP contribution in [0, 0.1) is 0 Å². The van der Waals surface area contributed by atoms with E-state index >= 15 is 0 Å². The highest BCUT2D eigenvalue weighted by Gasteiger charge is 2.18. The van der Waals surface area contributed by atoms with Crippen LogP contribution >= 0.6 is 34.7 Å². The highest BCUT2D eigenvalue weighted by atomic mass is 35.5. The van der Waals surface area contributed by atoms with Gasteiger partial charge in [-0.3, -0.25) is 4.79 Å². The number of thioether (sulfide) groups is 1. The van der Waals surface area contributed by atoms with E-state index in [1.807, 2.05) is 19.1 Å². The molecule has 0 radical (unpaired) electrons. The number of carbonyl (C=O) groups is 1. The van der Waals surface area contributed by atoms with Gasteiger partial charge in [0.15, 0.2) is 4.34 Å². The SMILES string of the molecule is CCC(Sc1nc2cc(Cl)ccc2s1)C(=O)O. The van der Waals surface area contributed by atoms with Crippen molar-refractivity contribution in [2.24, 2.45) is 0 Å². The third kappa shape index (κ3) is 2.91. The summed E-state index contributed by atoms with van der Waals surface area (Å²) < 4.78 is 1.80. The zero-order chi connectivity index (χ0) is 12.4. The summed E-state index contributed by atoms with van der Waals surface area (Å²) in [5, 5.41) is 9.19. The molecule has 90 valence electrons. The topological polar surface area (TPSA) is 50.2 Å². The molecule has 1 unspecified atom stereocenters. The molecule has 17 heavy (non-hydrogen) atoms. The van der Waals surface area contributed by atoms with Crippen molar-refractivity contribution >= 4 is 50.9 Å². The van der Waals surface area contributed by atoms with E-state index in [4.69, 9.17) is 16.7 Å². The first-order valence-electron chi connectivity index (χ1n) is 5.05. The zero-order valence-electron chi connectivity index (χ0n) is 9.01. The van der Waals surface area contributed by atoms with Crippen LogP contribution in [-0.2, 0) is 4.79 Å². The first-order valence-corrected chi connectivity index (χ1v) is 7.13. The number of hydrogen-bond acceptors (Lipinski definition) is 4. The minimum Gasteiger partial charge on any atom is -0.480 e. The molecule has 1 atom stereocenters. The minimum atomic E-state index is -0.796. The van der Waals surface area contributed by atoms with Crippen molar-refractivity contribution in [2.45, 2.75) is 22.9 Å². The van der Waals surface area contributed by atoms with Gasteiger partial charge >= 0.3 is 5.97 Å². The van der Waals surface area contributed by atoms with Gasteiger partial charge in [0.25, 0.3) is 0 Å². The maximum atomic E-state index is 10.9. The van der Waals surface area contributed by atoms with Crippen LogP contribution in [0.3, 0.4) is 0 Å². The molecular weight excluding hydrogens is 278 g/mol. The standard InChI is InChI=1S/C11H10ClNO2S2/c1-2-8(10(14)15)16-11-13-7-5-6(12)3-4-9(7)17-11/h3-5,8H,2H2,1H3,(H,14,15). The Bertz CT molecular complexity index is 555. The number of halogens is 1. The van der Waals surface area contributed by atoms with E-state index < -0.39 is 11.2 Å². The van der Waals surface area contributed by atoms with E-state index in [-0.39, 0.29) is 0 Å². The minimum absolute atomic E-state index is 0.439. The molecule has 0 aliphatic rings.